The molecular formula is C38H28O2. The van der Waals surface area contributed by atoms with E-state index in [9.17, 15) is 10.2 Å². The molecule has 8 rings (SSSR count). The smallest absolute Gasteiger partial charge is 0.115 e. The Bertz CT molecular complexity index is 1700. The Balaban J connectivity index is 0.000000169. The van der Waals surface area contributed by atoms with Crippen LogP contribution in [0.5, 0.6) is 11.5 Å². The van der Waals surface area contributed by atoms with Gasteiger partial charge in [-0.2, -0.15) is 0 Å². The lowest BCUT2D eigenvalue weighted by Gasteiger charge is -2.33. The predicted molar refractivity (Wildman–Crippen MR) is 162 cm³/mol. The Morgan fingerprint density at radius 1 is 0.375 bits per heavy atom. The van der Waals surface area contributed by atoms with Crippen LogP contribution in [0.3, 0.4) is 0 Å². The maximum Gasteiger partial charge on any atom is 0.115 e. The van der Waals surface area contributed by atoms with Crippen molar-refractivity contribution < 1.29 is 10.2 Å². The molecule has 40 heavy (non-hydrogen) atoms. The lowest BCUT2D eigenvalue weighted by atomic mass is 9.68. The van der Waals surface area contributed by atoms with E-state index in [1.807, 2.05) is 24.3 Å². The first kappa shape index (κ1) is 24.0. The van der Waals surface area contributed by atoms with Crippen LogP contribution in [0.15, 0.2) is 146 Å². The summed E-state index contributed by atoms with van der Waals surface area (Å²) in [5, 5.41) is 19.7. The molecule has 2 heteroatoms. The first-order valence-corrected chi connectivity index (χ1v) is 13.6. The van der Waals surface area contributed by atoms with Gasteiger partial charge in [0, 0.05) is 0 Å². The van der Waals surface area contributed by atoms with Gasteiger partial charge in [0.05, 0.1) is 5.41 Å². The van der Waals surface area contributed by atoms with E-state index in [1.54, 1.807) is 24.3 Å². The van der Waals surface area contributed by atoms with Crippen LogP contribution >= 0.6 is 0 Å². The molecule has 0 spiro atoms. The summed E-state index contributed by atoms with van der Waals surface area (Å²) in [6.07, 6.45) is 1.10. The molecule has 6 aromatic carbocycles. The maximum absolute atomic E-state index is 9.85. The SMILES string of the molecule is Oc1ccc(C2(c3ccc(O)cc3)c3ccccc3-c3ccccc32)cc1.c1ccc2c(c1)Cc1ccccc1-2. The van der Waals surface area contributed by atoms with Gasteiger partial charge < -0.3 is 10.2 Å². The van der Waals surface area contributed by atoms with Crippen LogP contribution < -0.4 is 0 Å². The highest BCUT2D eigenvalue weighted by Crippen LogP contribution is 2.56. The average molecular weight is 517 g/mol. The van der Waals surface area contributed by atoms with Crippen LogP contribution in [0.4, 0.5) is 0 Å². The molecular weight excluding hydrogens is 488 g/mol. The van der Waals surface area contributed by atoms with Crippen molar-refractivity contribution in [2.75, 3.05) is 0 Å². The Labute approximate surface area is 234 Å². The zero-order valence-corrected chi connectivity index (χ0v) is 22.0. The fourth-order valence-electron chi connectivity index (χ4n) is 6.53. The van der Waals surface area contributed by atoms with Gasteiger partial charge in [-0.3, -0.25) is 0 Å². The molecule has 0 radical (unpaired) electrons. The topological polar surface area (TPSA) is 40.5 Å². The van der Waals surface area contributed by atoms with Crippen molar-refractivity contribution in [3.63, 3.8) is 0 Å². The van der Waals surface area contributed by atoms with Crippen LogP contribution in [0.2, 0.25) is 0 Å². The standard InChI is InChI=1S/C25H18O2.C13H10/c26-19-13-9-17(10-14-19)25(18-11-15-20(27)16-12-18)23-7-3-1-5-21(23)22-6-2-4-8-24(22)25;1-3-7-12-10(5-1)9-11-6-2-4-8-13(11)12/h1-16,26-27H;1-8H,9H2. The first-order valence-electron chi connectivity index (χ1n) is 13.6. The van der Waals surface area contributed by atoms with Gasteiger partial charge >= 0.3 is 0 Å². The fraction of sp³-hybridized carbons (Fsp3) is 0.0526. The molecule has 0 unspecified atom stereocenters. The Morgan fingerprint density at radius 2 is 0.725 bits per heavy atom. The molecule has 0 fully saturated rings. The molecule has 2 aliphatic rings. The number of hydrogen-bond donors (Lipinski definition) is 2. The summed E-state index contributed by atoms with van der Waals surface area (Å²) >= 11 is 0. The second-order valence-electron chi connectivity index (χ2n) is 10.4. The van der Waals surface area contributed by atoms with E-state index < -0.39 is 5.41 Å². The van der Waals surface area contributed by atoms with Gasteiger partial charge in [0.1, 0.15) is 11.5 Å². The molecule has 0 bridgehead atoms. The second-order valence-corrected chi connectivity index (χ2v) is 10.4. The van der Waals surface area contributed by atoms with Crippen molar-refractivity contribution in [1.82, 2.24) is 0 Å². The largest absolute Gasteiger partial charge is 0.508 e. The van der Waals surface area contributed by atoms with Crippen LogP contribution in [-0.4, -0.2) is 10.2 Å². The summed E-state index contributed by atoms with van der Waals surface area (Å²) in [5.74, 6) is 0.498. The molecule has 0 aromatic heterocycles. The highest BCUT2D eigenvalue weighted by molar-refractivity contribution is 5.86. The Hall–Kier alpha value is -5.08. The van der Waals surface area contributed by atoms with Crippen LogP contribution in [0.25, 0.3) is 22.3 Å². The van der Waals surface area contributed by atoms with Crippen molar-refractivity contribution in [3.05, 3.63) is 179 Å². The van der Waals surface area contributed by atoms with Crippen molar-refractivity contribution in [3.8, 4) is 33.8 Å². The number of phenolic OH excluding ortho intramolecular Hbond substituents is 2. The summed E-state index contributed by atoms with van der Waals surface area (Å²) < 4.78 is 0. The lowest BCUT2D eigenvalue weighted by Crippen LogP contribution is -2.28. The third-order valence-electron chi connectivity index (χ3n) is 8.26. The predicted octanol–water partition coefficient (Wildman–Crippen LogP) is 8.72. The molecule has 0 heterocycles. The summed E-state index contributed by atoms with van der Waals surface area (Å²) in [5.41, 5.74) is 12.3. The molecule has 0 amide bonds. The van der Waals surface area contributed by atoms with Gasteiger partial charge in [-0.25, -0.2) is 0 Å². The van der Waals surface area contributed by atoms with Crippen molar-refractivity contribution in [1.29, 1.82) is 0 Å². The van der Waals surface area contributed by atoms with Gasteiger partial charge in [0.2, 0.25) is 0 Å². The van der Waals surface area contributed by atoms with Gasteiger partial charge in [-0.05, 0) is 86.3 Å². The van der Waals surface area contributed by atoms with E-state index in [-0.39, 0.29) is 11.5 Å². The van der Waals surface area contributed by atoms with Crippen LogP contribution in [0.1, 0.15) is 33.4 Å². The van der Waals surface area contributed by atoms with Crippen LogP contribution in [-0.2, 0) is 11.8 Å². The van der Waals surface area contributed by atoms with E-state index in [2.05, 4.69) is 97.1 Å². The number of fused-ring (bicyclic) bond motifs is 6. The van der Waals surface area contributed by atoms with Gasteiger partial charge in [0.15, 0.2) is 0 Å². The first-order chi connectivity index (χ1) is 19.7. The number of hydrogen-bond acceptors (Lipinski definition) is 2. The van der Waals surface area contributed by atoms with Crippen molar-refractivity contribution in [2.24, 2.45) is 0 Å². The maximum atomic E-state index is 9.85. The molecule has 2 aliphatic carbocycles. The molecule has 6 aromatic rings. The quantitative estimate of drug-likeness (QED) is 0.241. The van der Waals surface area contributed by atoms with Crippen LogP contribution in [0, 0.1) is 0 Å². The molecule has 0 aliphatic heterocycles. The summed E-state index contributed by atoms with van der Waals surface area (Å²) in [4.78, 5) is 0. The monoisotopic (exact) mass is 516 g/mol. The summed E-state index contributed by atoms with van der Waals surface area (Å²) in [6.45, 7) is 0. The fourth-order valence-corrected chi connectivity index (χ4v) is 6.53. The van der Waals surface area contributed by atoms with E-state index >= 15 is 0 Å². The van der Waals surface area contributed by atoms with E-state index in [0.717, 1.165) is 17.5 Å². The minimum Gasteiger partial charge on any atom is -0.508 e. The molecule has 0 saturated heterocycles. The molecule has 192 valence electrons. The summed E-state index contributed by atoms with van der Waals surface area (Å²) in [7, 11) is 0. The van der Waals surface area contributed by atoms with E-state index in [1.165, 1.54) is 44.5 Å². The second kappa shape index (κ2) is 9.59. The number of rotatable bonds is 2. The normalized spacial score (nSPS) is 13.3. The minimum atomic E-state index is -0.491. The Kier molecular flexibility index (Phi) is 5.75. The number of aromatic hydroxyl groups is 2. The van der Waals surface area contributed by atoms with E-state index in [4.69, 9.17) is 0 Å². The average Bonchev–Trinajstić information content (AvgIpc) is 3.53. The zero-order chi connectivity index (χ0) is 27.1. The van der Waals surface area contributed by atoms with Gasteiger partial charge in [-0.15, -0.1) is 0 Å². The minimum absolute atomic E-state index is 0.249. The third kappa shape index (κ3) is 3.72. The zero-order valence-electron chi connectivity index (χ0n) is 22.0. The van der Waals surface area contributed by atoms with Crippen molar-refractivity contribution >= 4 is 0 Å². The number of benzene rings is 6. The third-order valence-corrected chi connectivity index (χ3v) is 8.26. The van der Waals surface area contributed by atoms with Gasteiger partial charge in [0.25, 0.3) is 0 Å². The molecule has 0 saturated carbocycles. The van der Waals surface area contributed by atoms with E-state index in [0.29, 0.717) is 0 Å². The highest BCUT2D eigenvalue weighted by Gasteiger charge is 2.45. The number of phenols is 2. The van der Waals surface area contributed by atoms with Crippen molar-refractivity contribution in [2.45, 2.75) is 11.8 Å². The molecule has 0 atom stereocenters. The Morgan fingerprint density at radius 3 is 1.15 bits per heavy atom. The van der Waals surface area contributed by atoms with Gasteiger partial charge in [-0.1, -0.05) is 121 Å². The lowest BCUT2D eigenvalue weighted by molar-refractivity contribution is 0.475. The molecule has 2 nitrogen and oxygen atoms in total. The highest BCUT2D eigenvalue weighted by atomic mass is 16.3. The molecule has 2 N–H and O–H groups in total. The summed E-state index contributed by atoms with van der Waals surface area (Å²) in [6, 6.07) is 49.2.